The van der Waals surface area contributed by atoms with Crippen molar-refractivity contribution in [3.8, 4) is 0 Å². The third-order valence-corrected chi connectivity index (χ3v) is 4.31. The number of rotatable bonds is 2. The summed E-state index contributed by atoms with van der Waals surface area (Å²) in [6.07, 6.45) is 3.82. The topological polar surface area (TPSA) is 54.2 Å². The van der Waals surface area contributed by atoms with E-state index >= 15 is 0 Å². The van der Waals surface area contributed by atoms with Gasteiger partial charge in [0, 0.05) is 19.0 Å². The molecule has 2 fully saturated rings. The first-order valence-electron chi connectivity index (χ1n) is 6.98. The molecule has 0 aliphatic carbocycles. The van der Waals surface area contributed by atoms with Crippen LogP contribution in [0.5, 0.6) is 0 Å². The molecule has 1 aromatic rings. The summed E-state index contributed by atoms with van der Waals surface area (Å²) in [4.78, 5) is 6.79. The van der Waals surface area contributed by atoms with Crippen molar-refractivity contribution in [1.82, 2.24) is 15.5 Å². The van der Waals surface area contributed by atoms with Crippen molar-refractivity contribution < 1.29 is 4.52 Å². The molecule has 2 saturated heterocycles. The van der Waals surface area contributed by atoms with Crippen molar-refractivity contribution in [2.24, 2.45) is 5.41 Å². The highest BCUT2D eigenvalue weighted by Gasteiger charge is 2.40. The van der Waals surface area contributed by atoms with Crippen LogP contribution in [0.3, 0.4) is 0 Å². The van der Waals surface area contributed by atoms with Gasteiger partial charge in [-0.15, -0.1) is 0 Å². The van der Waals surface area contributed by atoms with Crippen LogP contribution in [-0.2, 0) is 0 Å². The summed E-state index contributed by atoms with van der Waals surface area (Å²) in [5, 5.41) is 7.56. The van der Waals surface area contributed by atoms with Gasteiger partial charge in [-0.05, 0) is 42.9 Å². The molecule has 0 unspecified atom stereocenters. The first-order valence-corrected chi connectivity index (χ1v) is 6.98. The average Bonchev–Trinajstić information content (AvgIpc) is 2.97. The average molecular weight is 250 g/mol. The van der Waals surface area contributed by atoms with Gasteiger partial charge >= 0.3 is 0 Å². The Kier molecular flexibility index (Phi) is 3.01. The van der Waals surface area contributed by atoms with Gasteiger partial charge in [-0.25, -0.2) is 0 Å². The fourth-order valence-corrected chi connectivity index (χ4v) is 3.06. The number of nitrogens with zero attached hydrogens (tertiary/aromatic N) is 3. The number of piperidine rings is 1. The van der Waals surface area contributed by atoms with Crippen molar-refractivity contribution in [3.63, 3.8) is 0 Å². The summed E-state index contributed by atoms with van der Waals surface area (Å²) in [6, 6.07) is 0. The Morgan fingerprint density at radius 3 is 2.72 bits per heavy atom. The minimum atomic E-state index is 0.307. The Hall–Kier alpha value is -1.10. The van der Waals surface area contributed by atoms with E-state index in [9.17, 15) is 0 Å². The second kappa shape index (κ2) is 4.53. The Morgan fingerprint density at radius 2 is 2.06 bits per heavy atom. The molecule has 2 aliphatic heterocycles. The van der Waals surface area contributed by atoms with E-state index in [0.717, 1.165) is 38.0 Å². The monoisotopic (exact) mass is 250 g/mol. The quantitative estimate of drug-likeness (QED) is 0.867. The molecule has 0 amide bonds. The molecule has 0 radical (unpaired) electrons. The van der Waals surface area contributed by atoms with E-state index in [1.807, 2.05) is 0 Å². The van der Waals surface area contributed by atoms with E-state index in [-0.39, 0.29) is 0 Å². The summed E-state index contributed by atoms with van der Waals surface area (Å²) in [5.41, 5.74) is 0.490. The molecular weight excluding hydrogens is 228 g/mol. The number of hydrogen-bond acceptors (Lipinski definition) is 5. The molecule has 0 aromatic carbocycles. The molecule has 0 bridgehead atoms. The van der Waals surface area contributed by atoms with Gasteiger partial charge in [-0.3, -0.25) is 0 Å². The largest absolute Gasteiger partial charge is 0.338 e. The molecule has 1 aromatic heterocycles. The lowest BCUT2D eigenvalue weighted by Gasteiger charge is -2.33. The lowest BCUT2D eigenvalue weighted by molar-refractivity contribution is 0.232. The second-order valence-corrected chi connectivity index (χ2v) is 6.01. The maximum atomic E-state index is 5.30. The third kappa shape index (κ3) is 2.11. The second-order valence-electron chi connectivity index (χ2n) is 6.01. The molecule has 1 spiro atoms. The molecule has 0 atom stereocenters. The van der Waals surface area contributed by atoms with Crippen LogP contribution in [0, 0.1) is 5.41 Å². The summed E-state index contributed by atoms with van der Waals surface area (Å²) >= 11 is 0. The van der Waals surface area contributed by atoms with Gasteiger partial charge in [0.2, 0.25) is 5.89 Å². The predicted octanol–water partition coefficient (Wildman–Crippen LogP) is 1.77. The van der Waals surface area contributed by atoms with Gasteiger partial charge in [-0.1, -0.05) is 13.8 Å². The highest BCUT2D eigenvalue weighted by molar-refractivity contribution is 5.31. The van der Waals surface area contributed by atoms with Crippen molar-refractivity contribution >= 4 is 5.95 Å². The van der Waals surface area contributed by atoms with E-state index in [1.165, 1.54) is 19.3 Å². The van der Waals surface area contributed by atoms with Crippen LogP contribution in [0.25, 0.3) is 0 Å². The number of anilines is 1. The Balaban J connectivity index is 1.70. The standard InChI is InChI=1S/C13H22N4O/c1-10(2)11-15-12(16-18-11)17-8-5-13(9-17)3-6-14-7-4-13/h10,14H,3-9H2,1-2H3. The highest BCUT2D eigenvalue weighted by atomic mass is 16.5. The summed E-state index contributed by atoms with van der Waals surface area (Å²) in [5.74, 6) is 1.84. The van der Waals surface area contributed by atoms with E-state index in [2.05, 4.69) is 34.2 Å². The maximum absolute atomic E-state index is 5.30. The van der Waals surface area contributed by atoms with Gasteiger partial charge in [-0.2, -0.15) is 4.98 Å². The zero-order valence-corrected chi connectivity index (χ0v) is 11.3. The van der Waals surface area contributed by atoms with Crippen LogP contribution in [0.1, 0.15) is 44.9 Å². The molecular formula is C13H22N4O. The van der Waals surface area contributed by atoms with Crippen LogP contribution >= 0.6 is 0 Å². The number of nitrogens with one attached hydrogen (secondary N) is 1. The lowest BCUT2D eigenvalue weighted by Crippen LogP contribution is -2.38. The summed E-state index contributed by atoms with van der Waals surface area (Å²) in [6.45, 7) is 8.61. The van der Waals surface area contributed by atoms with Crippen LogP contribution in [-0.4, -0.2) is 36.3 Å². The summed E-state index contributed by atoms with van der Waals surface area (Å²) < 4.78 is 5.30. The van der Waals surface area contributed by atoms with E-state index < -0.39 is 0 Å². The Bertz CT molecular complexity index is 409. The van der Waals surface area contributed by atoms with Crippen molar-refractivity contribution in [3.05, 3.63) is 5.89 Å². The molecule has 1 N–H and O–H groups in total. The van der Waals surface area contributed by atoms with Crippen molar-refractivity contribution in [2.45, 2.75) is 39.0 Å². The first-order chi connectivity index (χ1) is 8.69. The first kappa shape index (κ1) is 12.0. The zero-order chi connectivity index (χ0) is 12.6. The van der Waals surface area contributed by atoms with E-state index in [0.29, 0.717) is 11.3 Å². The van der Waals surface area contributed by atoms with Crippen LogP contribution in [0.15, 0.2) is 4.52 Å². The fraction of sp³-hybridized carbons (Fsp3) is 0.846. The zero-order valence-electron chi connectivity index (χ0n) is 11.3. The summed E-state index contributed by atoms with van der Waals surface area (Å²) in [7, 11) is 0. The van der Waals surface area contributed by atoms with Crippen LogP contribution in [0.4, 0.5) is 5.95 Å². The third-order valence-electron chi connectivity index (χ3n) is 4.31. The van der Waals surface area contributed by atoms with Gasteiger partial charge in [0.1, 0.15) is 0 Å². The molecule has 5 nitrogen and oxygen atoms in total. The van der Waals surface area contributed by atoms with Gasteiger partial charge < -0.3 is 14.7 Å². The highest BCUT2D eigenvalue weighted by Crippen LogP contribution is 2.39. The van der Waals surface area contributed by atoms with Gasteiger partial charge in [0.15, 0.2) is 0 Å². The Labute approximate surface area is 108 Å². The smallest absolute Gasteiger partial charge is 0.266 e. The Morgan fingerprint density at radius 1 is 1.28 bits per heavy atom. The minimum Gasteiger partial charge on any atom is -0.338 e. The maximum Gasteiger partial charge on any atom is 0.266 e. The van der Waals surface area contributed by atoms with Crippen molar-refractivity contribution in [2.75, 3.05) is 31.1 Å². The molecule has 100 valence electrons. The van der Waals surface area contributed by atoms with Gasteiger partial charge in [0.25, 0.3) is 5.95 Å². The normalized spacial score (nSPS) is 23.2. The molecule has 2 aliphatic rings. The molecule has 18 heavy (non-hydrogen) atoms. The minimum absolute atomic E-state index is 0.307. The molecule has 3 rings (SSSR count). The lowest BCUT2D eigenvalue weighted by atomic mass is 9.78. The molecule has 3 heterocycles. The van der Waals surface area contributed by atoms with Gasteiger partial charge in [0.05, 0.1) is 0 Å². The van der Waals surface area contributed by atoms with Crippen LogP contribution in [0.2, 0.25) is 0 Å². The molecule has 0 saturated carbocycles. The SMILES string of the molecule is CC(C)c1nc(N2CCC3(CCNCC3)C2)no1. The fourth-order valence-electron chi connectivity index (χ4n) is 3.06. The number of aromatic nitrogens is 2. The van der Waals surface area contributed by atoms with Crippen molar-refractivity contribution in [1.29, 1.82) is 0 Å². The number of hydrogen-bond donors (Lipinski definition) is 1. The van der Waals surface area contributed by atoms with E-state index in [1.54, 1.807) is 0 Å². The van der Waals surface area contributed by atoms with Crippen LogP contribution < -0.4 is 10.2 Å². The predicted molar refractivity (Wildman–Crippen MR) is 69.8 cm³/mol. The molecule has 5 heteroatoms. The van der Waals surface area contributed by atoms with E-state index in [4.69, 9.17) is 4.52 Å².